The molecule has 3 N–H and O–H groups in total. The van der Waals surface area contributed by atoms with E-state index in [1.165, 1.54) is 25.3 Å². The molecule has 2 aromatic rings. The Bertz CT molecular complexity index is 970. The Labute approximate surface area is 194 Å². The number of aliphatic hydroxyl groups is 3. The number of aromatic nitrogens is 1. The Balaban J connectivity index is 2.60. The molecule has 0 aliphatic carbocycles. The van der Waals surface area contributed by atoms with Gasteiger partial charge in [-0.15, -0.1) is 0 Å². The molecule has 180 valence electrons. The first-order valence-electron chi connectivity index (χ1n) is 11.1. The highest BCUT2D eigenvalue weighted by atomic mass is 19.1. The predicted molar refractivity (Wildman–Crippen MR) is 126 cm³/mol. The highest BCUT2D eigenvalue weighted by Crippen LogP contribution is 2.37. The Hall–Kier alpha value is -2.61. The van der Waals surface area contributed by atoms with Gasteiger partial charge in [0.25, 0.3) is 0 Å². The number of ether oxygens (including phenoxy) is 1. The van der Waals surface area contributed by atoms with Crippen LogP contribution in [0.25, 0.3) is 17.2 Å². The van der Waals surface area contributed by atoms with E-state index in [1.54, 1.807) is 18.2 Å². The molecular formula is C26H34FNO5. The van der Waals surface area contributed by atoms with Crippen LogP contribution in [0.5, 0.6) is 0 Å². The average Bonchev–Trinajstić information content (AvgIpc) is 2.76. The van der Waals surface area contributed by atoms with Crippen molar-refractivity contribution < 1.29 is 29.2 Å². The van der Waals surface area contributed by atoms with Crippen LogP contribution in [0.1, 0.15) is 74.9 Å². The van der Waals surface area contributed by atoms with Gasteiger partial charge in [0.05, 0.1) is 38.0 Å². The van der Waals surface area contributed by atoms with Crippen molar-refractivity contribution in [1.29, 1.82) is 0 Å². The summed E-state index contributed by atoms with van der Waals surface area (Å²) in [5, 5.41) is 30.7. The molecule has 6 nitrogen and oxygen atoms in total. The summed E-state index contributed by atoms with van der Waals surface area (Å²) in [6, 6.07) is 6.05. The molecule has 0 fully saturated rings. The molecule has 0 aliphatic heterocycles. The van der Waals surface area contributed by atoms with Crippen molar-refractivity contribution in [2.75, 3.05) is 7.11 Å². The number of esters is 1. The Morgan fingerprint density at radius 1 is 1.09 bits per heavy atom. The van der Waals surface area contributed by atoms with Crippen LogP contribution in [0.3, 0.4) is 0 Å². The summed E-state index contributed by atoms with van der Waals surface area (Å²) in [6.45, 7) is 7.78. The SMILES string of the molecule is COC(=O)C[C@H](O)CC(O)/C=C/c1c(C(C)C)nc(C(C)C)c(CO)c1-c1ccc(F)cc1. The van der Waals surface area contributed by atoms with E-state index in [4.69, 9.17) is 4.98 Å². The lowest BCUT2D eigenvalue weighted by molar-refractivity contribution is -0.143. The van der Waals surface area contributed by atoms with Gasteiger partial charge in [-0.1, -0.05) is 52.0 Å². The van der Waals surface area contributed by atoms with E-state index in [1.807, 2.05) is 27.7 Å². The number of halogens is 1. The summed E-state index contributed by atoms with van der Waals surface area (Å²) < 4.78 is 18.2. The molecule has 0 radical (unpaired) electrons. The van der Waals surface area contributed by atoms with Crippen molar-refractivity contribution in [1.82, 2.24) is 4.98 Å². The normalized spacial score (nSPS) is 13.7. The van der Waals surface area contributed by atoms with Crippen molar-refractivity contribution in [2.45, 2.75) is 71.2 Å². The van der Waals surface area contributed by atoms with Crippen LogP contribution in [0.15, 0.2) is 30.3 Å². The molecule has 2 rings (SSSR count). The van der Waals surface area contributed by atoms with Gasteiger partial charge in [0.2, 0.25) is 0 Å². The summed E-state index contributed by atoms with van der Waals surface area (Å²) in [7, 11) is 1.24. The van der Waals surface area contributed by atoms with Gasteiger partial charge < -0.3 is 20.1 Å². The molecule has 33 heavy (non-hydrogen) atoms. The Kier molecular flexibility index (Phi) is 9.70. The van der Waals surface area contributed by atoms with Gasteiger partial charge in [0, 0.05) is 23.2 Å². The molecule has 1 aromatic carbocycles. The highest BCUT2D eigenvalue weighted by Gasteiger charge is 2.23. The van der Waals surface area contributed by atoms with E-state index in [9.17, 15) is 24.5 Å². The van der Waals surface area contributed by atoms with Gasteiger partial charge in [-0.3, -0.25) is 9.78 Å². The first-order valence-corrected chi connectivity index (χ1v) is 11.1. The standard InChI is InChI=1S/C26H34FNO5/c1-15(2)25-21(11-10-19(30)12-20(31)13-23(32)33-5)24(17-6-8-18(27)9-7-17)22(14-29)26(28-25)16(3)4/h6-11,15-16,19-20,29-31H,12-14H2,1-5H3/b11-10+/t19?,20-/m1/s1. The summed E-state index contributed by atoms with van der Waals surface area (Å²) in [6.07, 6.45) is 0.935. The van der Waals surface area contributed by atoms with Crippen LogP contribution in [-0.2, 0) is 16.1 Å². The zero-order chi connectivity index (χ0) is 24.7. The maximum atomic E-state index is 13.6. The first kappa shape index (κ1) is 26.6. The van der Waals surface area contributed by atoms with Gasteiger partial charge >= 0.3 is 5.97 Å². The van der Waals surface area contributed by atoms with E-state index in [0.717, 1.165) is 22.5 Å². The van der Waals surface area contributed by atoms with Crippen molar-refractivity contribution >= 4 is 12.0 Å². The number of rotatable bonds is 10. The lowest BCUT2D eigenvalue weighted by Gasteiger charge is -2.23. The quantitative estimate of drug-likeness (QED) is 0.458. The van der Waals surface area contributed by atoms with Crippen molar-refractivity contribution in [3.05, 3.63) is 58.7 Å². The van der Waals surface area contributed by atoms with E-state index >= 15 is 0 Å². The van der Waals surface area contributed by atoms with Crippen LogP contribution in [0.2, 0.25) is 0 Å². The number of nitrogens with zero attached hydrogens (tertiary/aromatic N) is 1. The number of hydrogen-bond donors (Lipinski definition) is 3. The molecule has 0 amide bonds. The van der Waals surface area contributed by atoms with Gasteiger partial charge in [-0.2, -0.15) is 0 Å². The van der Waals surface area contributed by atoms with E-state index in [2.05, 4.69) is 4.74 Å². The smallest absolute Gasteiger partial charge is 0.308 e. The van der Waals surface area contributed by atoms with Crippen LogP contribution >= 0.6 is 0 Å². The van der Waals surface area contributed by atoms with Crippen molar-refractivity contribution in [2.24, 2.45) is 0 Å². The molecule has 2 atom stereocenters. The van der Waals surface area contributed by atoms with Crippen molar-refractivity contribution in [3.63, 3.8) is 0 Å². The van der Waals surface area contributed by atoms with Crippen molar-refractivity contribution in [3.8, 4) is 11.1 Å². The Morgan fingerprint density at radius 3 is 2.21 bits per heavy atom. The third-order valence-corrected chi connectivity index (χ3v) is 5.41. The van der Waals surface area contributed by atoms with E-state index < -0.39 is 18.2 Å². The monoisotopic (exact) mass is 459 g/mol. The van der Waals surface area contributed by atoms with Gasteiger partial charge in [0.15, 0.2) is 0 Å². The maximum Gasteiger partial charge on any atom is 0.308 e. The number of benzene rings is 1. The number of carbonyl (C=O) groups is 1. The number of pyridine rings is 1. The second-order valence-corrected chi connectivity index (χ2v) is 8.72. The molecule has 0 bridgehead atoms. The lowest BCUT2D eigenvalue weighted by Crippen LogP contribution is -2.20. The lowest BCUT2D eigenvalue weighted by atomic mass is 9.87. The number of aliphatic hydroxyl groups excluding tert-OH is 3. The molecule has 0 saturated carbocycles. The summed E-state index contributed by atoms with van der Waals surface area (Å²) in [4.78, 5) is 16.2. The van der Waals surface area contributed by atoms with Crippen LogP contribution in [0, 0.1) is 5.82 Å². The summed E-state index contributed by atoms with van der Waals surface area (Å²) >= 11 is 0. The average molecular weight is 460 g/mol. The first-order chi connectivity index (χ1) is 15.6. The molecule has 1 aromatic heterocycles. The number of methoxy groups -OCH3 is 1. The summed E-state index contributed by atoms with van der Waals surface area (Å²) in [5.41, 5.74) is 4.39. The zero-order valence-corrected chi connectivity index (χ0v) is 19.9. The fraction of sp³-hybridized carbons (Fsp3) is 0.462. The fourth-order valence-electron chi connectivity index (χ4n) is 3.79. The summed E-state index contributed by atoms with van der Waals surface area (Å²) in [5.74, 6) is -0.823. The van der Waals surface area contributed by atoms with E-state index in [-0.39, 0.29) is 37.1 Å². The predicted octanol–water partition coefficient (Wildman–Crippen LogP) is 4.32. The third-order valence-electron chi connectivity index (χ3n) is 5.41. The van der Waals surface area contributed by atoms with E-state index in [0.29, 0.717) is 11.1 Å². The fourth-order valence-corrected chi connectivity index (χ4v) is 3.79. The molecule has 0 saturated heterocycles. The molecule has 0 spiro atoms. The zero-order valence-electron chi connectivity index (χ0n) is 19.9. The topological polar surface area (TPSA) is 99.9 Å². The third kappa shape index (κ3) is 6.93. The number of carbonyl (C=O) groups excluding carboxylic acids is 1. The largest absolute Gasteiger partial charge is 0.469 e. The molecule has 0 aliphatic rings. The minimum atomic E-state index is -1.05. The second kappa shape index (κ2) is 12.0. The molecular weight excluding hydrogens is 425 g/mol. The van der Waals surface area contributed by atoms with Crippen LogP contribution < -0.4 is 0 Å². The highest BCUT2D eigenvalue weighted by molar-refractivity contribution is 5.80. The maximum absolute atomic E-state index is 13.6. The number of hydrogen-bond acceptors (Lipinski definition) is 6. The molecule has 1 heterocycles. The Morgan fingerprint density at radius 2 is 1.70 bits per heavy atom. The van der Waals surface area contributed by atoms with Gasteiger partial charge in [-0.25, -0.2) is 4.39 Å². The minimum absolute atomic E-state index is 0.0381. The second-order valence-electron chi connectivity index (χ2n) is 8.72. The van der Waals surface area contributed by atoms with Crippen LogP contribution in [0.4, 0.5) is 4.39 Å². The molecule has 7 heteroatoms. The van der Waals surface area contributed by atoms with Crippen LogP contribution in [-0.4, -0.2) is 45.6 Å². The van der Waals surface area contributed by atoms with Gasteiger partial charge in [0.1, 0.15) is 5.82 Å². The molecule has 1 unspecified atom stereocenters. The van der Waals surface area contributed by atoms with Gasteiger partial charge in [-0.05, 0) is 35.1 Å². The minimum Gasteiger partial charge on any atom is -0.469 e.